The zero-order chi connectivity index (χ0) is 21.7. The van der Waals surface area contributed by atoms with Crippen LogP contribution < -0.4 is 5.32 Å². The van der Waals surface area contributed by atoms with E-state index in [2.05, 4.69) is 5.32 Å². The number of nitrogens with one attached hydrogen (secondary N) is 1. The molecule has 2 aromatic rings. The van der Waals surface area contributed by atoms with Crippen LogP contribution in [0.4, 0.5) is 0 Å². The number of carbonyl (C=O) groups excluding carboxylic acids is 2. The maximum atomic E-state index is 13.0. The molecule has 7 nitrogen and oxygen atoms in total. The molecule has 1 aliphatic rings. The van der Waals surface area contributed by atoms with E-state index in [0.717, 1.165) is 11.1 Å². The molecule has 30 heavy (non-hydrogen) atoms. The van der Waals surface area contributed by atoms with Crippen molar-refractivity contribution in [3.05, 3.63) is 51.7 Å². The molecule has 0 saturated carbocycles. The Morgan fingerprint density at radius 3 is 2.47 bits per heavy atom. The number of amides is 2. The molecule has 2 amide bonds. The third kappa shape index (κ3) is 5.27. The van der Waals surface area contributed by atoms with Gasteiger partial charge in [0.2, 0.25) is 15.9 Å². The number of rotatable bonds is 7. The van der Waals surface area contributed by atoms with Crippen LogP contribution in [0, 0.1) is 13.8 Å². The fourth-order valence-electron chi connectivity index (χ4n) is 3.50. The Labute approximate surface area is 181 Å². The van der Waals surface area contributed by atoms with Gasteiger partial charge in [0.15, 0.2) is 0 Å². The summed E-state index contributed by atoms with van der Waals surface area (Å²) in [6.45, 7) is 5.50. The van der Waals surface area contributed by atoms with Gasteiger partial charge < -0.3 is 10.2 Å². The molecule has 1 N–H and O–H groups in total. The SMILES string of the molecule is Cc1ccc(S(=O)(=O)N2CCN(C(=O)CCCNC(=O)c3cccs3)CC2)c(C)c1. The summed E-state index contributed by atoms with van der Waals surface area (Å²) >= 11 is 1.38. The van der Waals surface area contributed by atoms with Gasteiger partial charge in [0.1, 0.15) is 0 Å². The molecule has 1 aliphatic heterocycles. The lowest BCUT2D eigenvalue weighted by atomic mass is 10.2. The number of aryl methyl sites for hydroxylation is 2. The number of carbonyl (C=O) groups is 2. The van der Waals surface area contributed by atoms with Crippen LogP contribution in [-0.2, 0) is 14.8 Å². The zero-order valence-electron chi connectivity index (χ0n) is 17.3. The van der Waals surface area contributed by atoms with E-state index in [4.69, 9.17) is 0 Å². The first-order chi connectivity index (χ1) is 14.3. The fraction of sp³-hybridized carbons (Fsp3) is 0.429. The third-order valence-corrected chi connectivity index (χ3v) is 8.07. The summed E-state index contributed by atoms with van der Waals surface area (Å²) in [5, 5.41) is 4.66. The summed E-state index contributed by atoms with van der Waals surface area (Å²) in [5.41, 5.74) is 1.76. The van der Waals surface area contributed by atoms with Crippen molar-refractivity contribution >= 4 is 33.2 Å². The monoisotopic (exact) mass is 449 g/mol. The zero-order valence-corrected chi connectivity index (χ0v) is 18.9. The summed E-state index contributed by atoms with van der Waals surface area (Å²) in [6, 6.07) is 8.91. The van der Waals surface area contributed by atoms with Crippen molar-refractivity contribution in [3.8, 4) is 0 Å². The van der Waals surface area contributed by atoms with Crippen LogP contribution in [0.3, 0.4) is 0 Å². The molecule has 0 aliphatic carbocycles. The van der Waals surface area contributed by atoms with Crippen LogP contribution in [0.1, 0.15) is 33.6 Å². The van der Waals surface area contributed by atoms with E-state index in [-0.39, 0.29) is 24.9 Å². The Hall–Kier alpha value is -2.23. The molecule has 0 bridgehead atoms. The standard InChI is InChI=1S/C21H27N3O4S2/c1-16-7-8-19(17(2)15-16)30(27,28)24-12-10-23(11-13-24)20(25)6-3-9-22-21(26)18-5-4-14-29-18/h4-5,7-8,14-15H,3,6,9-13H2,1-2H3,(H,22,26). The van der Waals surface area contributed by atoms with Crippen LogP contribution in [0.2, 0.25) is 0 Å². The number of nitrogens with zero attached hydrogens (tertiary/aromatic N) is 2. The maximum Gasteiger partial charge on any atom is 0.261 e. The average Bonchev–Trinajstić information content (AvgIpc) is 3.25. The number of sulfonamides is 1. The highest BCUT2D eigenvalue weighted by atomic mass is 32.2. The summed E-state index contributed by atoms with van der Waals surface area (Å²) in [5.74, 6) is -0.133. The van der Waals surface area contributed by atoms with E-state index in [1.54, 1.807) is 30.0 Å². The second-order valence-electron chi connectivity index (χ2n) is 7.39. The summed E-state index contributed by atoms with van der Waals surface area (Å²) in [7, 11) is -3.56. The second-order valence-corrected chi connectivity index (χ2v) is 10.2. The minimum atomic E-state index is -3.56. The average molecular weight is 450 g/mol. The molecular weight excluding hydrogens is 422 g/mol. The maximum absolute atomic E-state index is 13.0. The molecule has 162 valence electrons. The van der Waals surface area contributed by atoms with Gasteiger partial charge >= 0.3 is 0 Å². The highest BCUT2D eigenvalue weighted by molar-refractivity contribution is 7.89. The van der Waals surface area contributed by atoms with E-state index in [1.807, 2.05) is 24.4 Å². The van der Waals surface area contributed by atoms with E-state index in [1.165, 1.54) is 15.6 Å². The number of benzene rings is 1. The van der Waals surface area contributed by atoms with Gasteiger partial charge in [-0.2, -0.15) is 4.31 Å². The highest BCUT2D eigenvalue weighted by Crippen LogP contribution is 2.22. The smallest absolute Gasteiger partial charge is 0.261 e. The Morgan fingerprint density at radius 1 is 1.10 bits per heavy atom. The van der Waals surface area contributed by atoms with Crippen molar-refractivity contribution in [1.82, 2.24) is 14.5 Å². The molecule has 1 aromatic carbocycles. The van der Waals surface area contributed by atoms with Crippen LogP contribution in [0.25, 0.3) is 0 Å². The summed E-state index contributed by atoms with van der Waals surface area (Å²) in [4.78, 5) is 27.0. The molecule has 0 spiro atoms. The predicted molar refractivity (Wildman–Crippen MR) is 117 cm³/mol. The van der Waals surface area contributed by atoms with Crippen molar-refractivity contribution in [1.29, 1.82) is 0 Å². The Kier molecular flexibility index (Phi) is 7.27. The van der Waals surface area contributed by atoms with E-state index < -0.39 is 10.0 Å². The topological polar surface area (TPSA) is 86.8 Å². The first kappa shape index (κ1) is 22.5. The molecular formula is C21H27N3O4S2. The van der Waals surface area contributed by atoms with E-state index >= 15 is 0 Å². The van der Waals surface area contributed by atoms with E-state index in [0.29, 0.717) is 42.2 Å². The van der Waals surface area contributed by atoms with Crippen LogP contribution in [-0.4, -0.2) is 62.2 Å². The Morgan fingerprint density at radius 2 is 1.83 bits per heavy atom. The molecule has 2 heterocycles. The van der Waals surface area contributed by atoms with Crippen molar-refractivity contribution in [2.75, 3.05) is 32.7 Å². The number of hydrogen-bond donors (Lipinski definition) is 1. The van der Waals surface area contributed by atoms with Crippen molar-refractivity contribution in [2.45, 2.75) is 31.6 Å². The van der Waals surface area contributed by atoms with Crippen LogP contribution in [0.5, 0.6) is 0 Å². The van der Waals surface area contributed by atoms with Crippen LogP contribution in [0.15, 0.2) is 40.6 Å². The Balaban J connectivity index is 1.45. The largest absolute Gasteiger partial charge is 0.351 e. The van der Waals surface area contributed by atoms with Crippen molar-refractivity contribution < 1.29 is 18.0 Å². The first-order valence-corrected chi connectivity index (χ1v) is 12.3. The molecule has 3 rings (SSSR count). The lowest BCUT2D eigenvalue weighted by molar-refractivity contribution is -0.132. The van der Waals surface area contributed by atoms with Crippen molar-refractivity contribution in [2.24, 2.45) is 0 Å². The second kappa shape index (κ2) is 9.72. The van der Waals surface area contributed by atoms with Gasteiger partial charge in [0.25, 0.3) is 5.91 Å². The lowest BCUT2D eigenvalue weighted by Crippen LogP contribution is -2.50. The normalized spacial score (nSPS) is 15.2. The highest BCUT2D eigenvalue weighted by Gasteiger charge is 2.30. The quantitative estimate of drug-likeness (QED) is 0.658. The predicted octanol–water partition coefficient (Wildman–Crippen LogP) is 2.41. The summed E-state index contributed by atoms with van der Waals surface area (Å²) < 4.78 is 27.4. The van der Waals surface area contributed by atoms with Gasteiger partial charge in [-0.25, -0.2) is 8.42 Å². The molecule has 1 fully saturated rings. The molecule has 0 unspecified atom stereocenters. The number of piperazine rings is 1. The Bertz CT molecular complexity index is 995. The molecule has 9 heteroatoms. The van der Waals surface area contributed by atoms with Gasteiger partial charge in [0, 0.05) is 39.1 Å². The number of thiophene rings is 1. The lowest BCUT2D eigenvalue weighted by Gasteiger charge is -2.34. The minimum absolute atomic E-state index is 0.0102. The third-order valence-electron chi connectivity index (χ3n) is 5.14. The molecule has 0 atom stereocenters. The van der Waals surface area contributed by atoms with Gasteiger partial charge in [-0.05, 0) is 43.3 Å². The molecule has 0 radical (unpaired) electrons. The van der Waals surface area contributed by atoms with Gasteiger partial charge in [0.05, 0.1) is 9.77 Å². The first-order valence-electron chi connectivity index (χ1n) is 9.96. The summed E-state index contributed by atoms with van der Waals surface area (Å²) in [6.07, 6.45) is 0.881. The fourth-order valence-corrected chi connectivity index (χ4v) is 5.77. The van der Waals surface area contributed by atoms with E-state index in [9.17, 15) is 18.0 Å². The van der Waals surface area contributed by atoms with Gasteiger partial charge in [-0.15, -0.1) is 11.3 Å². The number of hydrogen-bond acceptors (Lipinski definition) is 5. The van der Waals surface area contributed by atoms with Gasteiger partial charge in [-0.3, -0.25) is 9.59 Å². The van der Waals surface area contributed by atoms with Crippen molar-refractivity contribution in [3.63, 3.8) is 0 Å². The van der Waals surface area contributed by atoms with Crippen LogP contribution >= 0.6 is 11.3 Å². The molecule has 1 aromatic heterocycles. The molecule has 1 saturated heterocycles. The van der Waals surface area contributed by atoms with Gasteiger partial charge in [-0.1, -0.05) is 23.8 Å². The minimum Gasteiger partial charge on any atom is -0.351 e.